The lowest BCUT2D eigenvalue weighted by Crippen LogP contribution is -1.96. The van der Waals surface area contributed by atoms with Gasteiger partial charge in [0.05, 0.1) is 23.3 Å². The van der Waals surface area contributed by atoms with E-state index in [1.54, 1.807) is 24.4 Å². The van der Waals surface area contributed by atoms with Crippen molar-refractivity contribution in [2.45, 2.75) is 0 Å². The highest BCUT2D eigenvalue weighted by Crippen LogP contribution is 2.27. The molecule has 0 aliphatic heterocycles. The summed E-state index contributed by atoms with van der Waals surface area (Å²) in [5, 5.41) is 6.65. The number of oxime groups is 1. The van der Waals surface area contributed by atoms with Crippen molar-refractivity contribution >= 4 is 17.6 Å². The molecule has 2 aromatic rings. The first kappa shape index (κ1) is 13.7. The maximum atomic E-state index is 5.89. The molecule has 1 heterocycles. The van der Waals surface area contributed by atoms with E-state index in [1.165, 1.54) is 13.3 Å². The van der Waals surface area contributed by atoms with Gasteiger partial charge in [-0.2, -0.15) is 0 Å². The first-order chi connectivity index (χ1) is 9.72. The van der Waals surface area contributed by atoms with Crippen molar-refractivity contribution in [1.82, 2.24) is 4.98 Å². The number of hydrogen-bond donors (Lipinski definition) is 2. The highest BCUT2D eigenvalue weighted by molar-refractivity contribution is 5.77. The van der Waals surface area contributed by atoms with Gasteiger partial charge >= 0.3 is 0 Å². The lowest BCUT2D eigenvalue weighted by atomic mass is 10.2. The predicted molar refractivity (Wildman–Crippen MR) is 79.3 cm³/mol. The van der Waals surface area contributed by atoms with Crippen LogP contribution in [0.3, 0.4) is 0 Å². The average Bonchev–Trinajstić information content (AvgIpc) is 2.46. The summed E-state index contributed by atoms with van der Waals surface area (Å²) in [5.74, 6) is 1.30. The molecule has 0 radical (unpaired) electrons. The van der Waals surface area contributed by atoms with Crippen LogP contribution in [0.2, 0.25) is 0 Å². The molecular formula is C14H16N4O2. The minimum absolute atomic E-state index is 0.625. The molecule has 0 aliphatic carbocycles. The zero-order valence-electron chi connectivity index (χ0n) is 11.3. The fraction of sp³-hybridized carbons (Fsp3) is 0.143. The molecule has 0 atom stereocenters. The molecule has 6 heteroatoms. The van der Waals surface area contributed by atoms with E-state index in [0.717, 1.165) is 5.69 Å². The molecule has 0 saturated heterocycles. The van der Waals surface area contributed by atoms with Gasteiger partial charge in [0.2, 0.25) is 0 Å². The minimum atomic E-state index is 0.625. The smallest absolute Gasteiger partial charge is 0.131 e. The van der Waals surface area contributed by atoms with E-state index in [0.29, 0.717) is 22.9 Å². The van der Waals surface area contributed by atoms with Crippen LogP contribution in [0, 0.1) is 0 Å². The van der Waals surface area contributed by atoms with Crippen molar-refractivity contribution < 1.29 is 9.57 Å². The Morgan fingerprint density at radius 3 is 2.75 bits per heavy atom. The van der Waals surface area contributed by atoms with Gasteiger partial charge in [-0.05, 0) is 18.2 Å². The number of ether oxygens (including phenoxy) is 1. The van der Waals surface area contributed by atoms with E-state index in [4.69, 9.17) is 10.5 Å². The Balaban J connectivity index is 2.17. The number of nitrogen functional groups attached to an aromatic ring is 1. The van der Waals surface area contributed by atoms with Crippen LogP contribution in [0.15, 0.2) is 41.7 Å². The first-order valence-corrected chi connectivity index (χ1v) is 6.00. The third kappa shape index (κ3) is 3.38. The summed E-state index contributed by atoms with van der Waals surface area (Å²) in [7, 11) is 3.29. The average molecular weight is 272 g/mol. The summed E-state index contributed by atoms with van der Waals surface area (Å²) < 4.78 is 5.73. The Hall–Kier alpha value is -2.76. The molecule has 2 rings (SSSR count). The summed E-state index contributed by atoms with van der Waals surface area (Å²) in [4.78, 5) is 8.73. The Labute approximate surface area is 117 Å². The van der Waals surface area contributed by atoms with Crippen molar-refractivity contribution in [3.8, 4) is 11.5 Å². The molecule has 0 aliphatic rings. The highest BCUT2D eigenvalue weighted by Gasteiger charge is 2.02. The second-order valence-electron chi connectivity index (χ2n) is 3.93. The molecule has 6 nitrogen and oxygen atoms in total. The van der Waals surface area contributed by atoms with Gasteiger partial charge in [0.15, 0.2) is 0 Å². The number of pyridine rings is 1. The molecule has 0 saturated carbocycles. The summed E-state index contributed by atoms with van der Waals surface area (Å²) >= 11 is 0. The zero-order valence-corrected chi connectivity index (χ0v) is 11.3. The second kappa shape index (κ2) is 6.42. The molecule has 104 valence electrons. The number of benzene rings is 1. The van der Waals surface area contributed by atoms with Gasteiger partial charge in [0.25, 0.3) is 0 Å². The molecular weight excluding hydrogens is 256 g/mol. The fourth-order valence-corrected chi connectivity index (χ4v) is 1.64. The molecule has 3 N–H and O–H groups in total. The summed E-state index contributed by atoms with van der Waals surface area (Å²) in [6.45, 7) is 0. The number of nitrogens with one attached hydrogen (secondary N) is 1. The molecule has 1 aromatic carbocycles. The van der Waals surface area contributed by atoms with Gasteiger partial charge in [0, 0.05) is 25.4 Å². The van der Waals surface area contributed by atoms with E-state index in [2.05, 4.69) is 20.3 Å². The third-order valence-electron chi connectivity index (χ3n) is 2.57. The SMILES string of the molecule is CNc1ccc(Oc2ccnc(/C=N\OC)c2)cc1N. The van der Waals surface area contributed by atoms with Crippen LogP contribution in [-0.4, -0.2) is 25.4 Å². The van der Waals surface area contributed by atoms with Gasteiger partial charge in [-0.3, -0.25) is 4.98 Å². The van der Waals surface area contributed by atoms with Crippen LogP contribution < -0.4 is 15.8 Å². The summed E-state index contributed by atoms with van der Waals surface area (Å²) in [5.41, 5.74) is 8.02. The summed E-state index contributed by atoms with van der Waals surface area (Å²) in [6, 6.07) is 8.97. The summed E-state index contributed by atoms with van der Waals surface area (Å²) in [6.07, 6.45) is 3.14. The van der Waals surface area contributed by atoms with Gasteiger partial charge in [-0.15, -0.1) is 0 Å². The van der Waals surface area contributed by atoms with Gasteiger partial charge < -0.3 is 20.6 Å². The molecule has 20 heavy (non-hydrogen) atoms. The molecule has 0 fully saturated rings. The quantitative estimate of drug-likeness (QED) is 0.496. The van der Waals surface area contributed by atoms with Crippen LogP contribution >= 0.6 is 0 Å². The number of aromatic nitrogens is 1. The van der Waals surface area contributed by atoms with E-state index < -0.39 is 0 Å². The molecule has 0 amide bonds. The monoisotopic (exact) mass is 272 g/mol. The number of nitrogens with zero attached hydrogens (tertiary/aromatic N) is 2. The fourth-order valence-electron chi connectivity index (χ4n) is 1.64. The largest absolute Gasteiger partial charge is 0.457 e. The van der Waals surface area contributed by atoms with Crippen LogP contribution in [0.5, 0.6) is 11.5 Å². The maximum Gasteiger partial charge on any atom is 0.131 e. The molecule has 0 unspecified atom stereocenters. The Morgan fingerprint density at radius 2 is 2.05 bits per heavy atom. The Morgan fingerprint density at radius 1 is 1.25 bits per heavy atom. The second-order valence-corrected chi connectivity index (χ2v) is 3.93. The van der Waals surface area contributed by atoms with Gasteiger partial charge in [-0.1, -0.05) is 5.16 Å². The number of hydrogen-bond acceptors (Lipinski definition) is 6. The van der Waals surface area contributed by atoms with E-state index in [1.807, 2.05) is 19.2 Å². The van der Waals surface area contributed by atoms with E-state index in [9.17, 15) is 0 Å². The molecule has 0 spiro atoms. The molecule has 1 aromatic heterocycles. The Bertz CT molecular complexity index is 614. The van der Waals surface area contributed by atoms with Crippen molar-refractivity contribution in [2.24, 2.45) is 5.16 Å². The van der Waals surface area contributed by atoms with Crippen LogP contribution in [-0.2, 0) is 4.84 Å². The van der Waals surface area contributed by atoms with Gasteiger partial charge in [-0.25, -0.2) is 0 Å². The van der Waals surface area contributed by atoms with Crippen molar-refractivity contribution in [3.63, 3.8) is 0 Å². The Kier molecular flexibility index (Phi) is 4.39. The van der Waals surface area contributed by atoms with Crippen molar-refractivity contribution in [2.75, 3.05) is 25.2 Å². The maximum absolute atomic E-state index is 5.89. The van der Waals surface area contributed by atoms with Crippen molar-refractivity contribution in [1.29, 1.82) is 0 Å². The molecule has 0 bridgehead atoms. The zero-order chi connectivity index (χ0) is 14.4. The highest BCUT2D eigenvalue weighted by atomic mass is 16.6. The van der Waals surface area contributed by atoms with Gasteiger partial charge in [0.1, 0.15) is 18.6 Å². The minimum Gasteiger partial charge on any atom is -0.457 e. The first-order valence-electron chi connectivity index (χ1n) is 6.00. The topological polar surface area (TPSA) is 81.8 Å². The van der Waals surface area contributed by atoms with E-state index >= 15 is 0 Å². The lowest BCUT2D eigenvalue weighted by Gasteiger charge is -2.09. The standard InChI is InChI=1S/C14H16N4O2/c1-16-14-4-3-11(8-13(14)15)20-12-5-6-17-10(7-12)9-18-19-2/h3-9,16H,15H2,1-2H3/b18-9-. The van der Waals surface area contributed by atoms with Crippen LogP contribution in [0.25, 0.3) is 0 Å². The lowest BCUT2D eigenvalue weighted by molar-refractivity contribution is 0.215. The van der Waals surface area contributed by atoms with Crippen molar-refractivity contribution in [3.05, 3.63) is 42.2 Å². The predicted octanol–water partition coefficient (Wildman–Crippen LogP) is 2.48. The number of rotatable bonds is 5. The third-order valence-corrected chi connectivity index (χ3v) is 2.57. The normalized spacial score (nSPS) is 10.5. The van der Waals surface area contributed by atoms with Crippen LogP contribution in [0.1, 0.15) is 5.69 Å². The van der Waals surface area contributed by atoms with Crippen LogP contribution in [0.4, 0.5) is 11.4 Å². The number of nitrogens with two attached hydrogens (primary N) is 1. The van der Waals surface area contributed by atoms with E-state index in [-0.39, 0.29) is 0 Å². The number of anilines is 2.